The van der Waals surface area contributed by atoms with Crippen LogP contribution >= 0.6 is 0 Å². The number of rotatable bonds is 1. The van der Waals surface area contributed by atoms with E-state index in [1.165, 1.54) is 0 Å². The summed E-state index contributed by atoms with van der Waals surface area (Å²) in [6.45, 7) is 0.0432. The van der Waals surface area contributed by atoms with E-state index < -0.39 is 0 Å². The van der Waals surface area contributed by atoms with Crippen LogP contribution in [0.2, 0.25) is 0 Å². The van der Waals surface area contributed by atoms with E-state index in [2.05, 4.69) is 15.5 Å². The number of benzene rings is 1. The molecule has 1 aliphatic heterocycles. The average Bonchev–Trinajstić information content (AvgIpc) is 2.75. The third-order valence-electron chi connectivity index (χ3n) is 2.54. The summed E-state index contributed by atoms with van der Waals surface area (Å²) < 4.78 is 5.33. The predicted molar refractivity (Wildman–Crippen MR) is 62.6 cm³/mol. The van der Waals surface area contributed by atoms with Crippen LogP contribution in [0, 0.1) is 0 Å². The number of carbonyl (C=O) groups excluding carboxylic acids is 1. The topological polar surface area (TPSA) is 93.0 Å². The van der Waals surface area contributed by atoms with Crippen molar-refractivity contribution in [1.29, 1.82) is 0 Å². The molecule has 1 aliphatic rings. The lowest BCUT2D eigenvalue weighted by Crippen LogP contribution is -2.25. The van der Waals surface area contributed by atoms with Gasteiger partial charge in [-0.2, -0.15) is 5.10 Å². The highest BCUT2D eigenvalue weighted by Crippen LogP contribution is 2.37. The monoisotopic (exact) mass is 230 g/mol. The SMILES string of the molecule is Nc1cc(-c2cccc3c2NC(=O)CO3)[nH]n1. The molecule has 0 saturated carbocycles. The number of anilines is 2. The molecule has 2 heterocycles. The molecule has 0 saturated heterocycles. The largest absolute Gasteiger partial charge is 0.482 e. The van der Waals surface area contributed by atoms with E-state index in [9.17, 15) is 4.79 Å². The summed E-state index contributed by atoms with van der Waals surface area (Å²) in [7, 11) is 0. The quantitative estimate of drug-likeness (QED) is 0.681. The van der Waals surface area contributed by atoms with Crippen molar-refractivity contribution in [3.8, 4) is 17.0 Å². The number of nitrogens with two attached hydrogens (primary N) is 1. The highest BCUT2D eigenvalue weighted by Gasteiger charge is 2.20. The highest BCUT2D eigenvalue weighted by atomic mass is 16.5. The van der Waals surface area contributed by atoms with Crippen LogP contribution in [0.4, 0.5) is 11.5 Å². The summed E-state index contributed by atoms with van der Waals surface area (Å²) in [5.41, 5.74) is 7.75. The maximum Gasteiger partial charge on any atom is 0.262 e. The molecule has 0 atom stereocenters. The number of H-pyrrole nitrogens is 1. The molecule has 0 aliphatic carbocycles. The van der Waals surface area contributed by atoms with Crippen LogP contribution in [-0.2, 0) is 4.79 Å². The molecule has 1 amide bonds. The molecule has 17 heavy (non-hydrogen) atoms. The van der Waals surface area contributed by atoms with E-state index in [-0.39, 0.29) is 12.5 Å². The van der Waals surface area contributed by atoms with Crippen molar-refractivity contribution in [2.75, 3.05) is 17.7 Å². The van der Waals surface area contributed by atoms with Gasteiger partial charge in [0, 0.05) is 11.6 Å². The molecule has 1 aromatic carbocycles. The molecule has 2 aromatic rings. The van der Waals surface area contributed by atoms with Crippen LogP contribution in [0.15, 0.2) is 24.3 Å². The van der Waals surface area contributed by atoms with Crippen molar-refractivity contribution in [3.63, 3.8) is 0 Å². The number of hydrogen-bond donors (Lipinski definition) is 3. The van der Waals surface area contributed by atoms with Crippen molar-refractivity contribution < 1.29 is 9.53 Å². The predicted octanol–water partition coefficient (Wildman–Crippen LogP) is 0.990. The number of nitrogens with one attached hydrogen (secondary N) is 2. The van der Waals surface area contributed by atoms with Crippen LogP contribution in [0.25, 0.3) is 11.3 Å². The number of para-hydroxylation sites is 1. The zero-order valence-corrected chi connectivity index (χ0v) is 8.86. The minimum absolute atomic E-state index is 0.0432. The third kappa shape index (κ3) is 1.59. The van der Waals surface area contributed by atoms with Gasteiger partial charge in [-0.3, -0.25) is 9.89 Å². The van der Waals surface area contributed by atoms with E-state index in [1.54, 1.807) is 12.1 Å². The van der Waals surface area contributed by atoms with Crippen LogP contribution in [-0.4, -0.2) is 22.7 Å². The summed E-state index contributed by atoms with van der Waals surface area (Å²) in [6.07, 6.45) is 0. The van der Waals surface area contributed by atoms with Crippen molar-refractivity contribution in [2.24, 2.45) is 0 Å². The van der Waals surface area contributed by atoms with Gasteiger partial charge in [0.15, 0.2) is 6.61 Å². The van der Waals surface area contributed by atoms with Gasteiger partial charge in [0.05, 0.1) is 11.4 Å². The summed E-state index contributed by atoms with van der Waals surface area (Å²) >= 11 is 0. The molecule has 4 N–H and O–H groups in total. The Kier molecular flexibility index (Phi) is 2.01. The van der Waals surface area contributed by atoms with Gasteiger partial charge in [-0.15, -0.1) is 0 Å². The van der Waals surface area contributed by atoms with E-state index >= 15 is 0 Å². The maximum absolute atomic E-state index is 11.3. The minimum atomic E-state index is -0.169. The van der Waals surface area contributed by atoms with Gasteiger partial charge in [0.25, 0.3) is 5.91 Å². The Morgan fingerprint density at radius 3 is 3.06 bits per heavy atom. The number of aromatic nitrogens is 2. The summed E-state index contributed by atoms with van der Waals surface area (Å²) in [4.78, 5) is 11.3. The minimum Gasteiger partial charge on any atom is -0.482 e. The van der Waals surface area contributed by atoms with E-state index in [1.807, 2.05) is 12.1 Å². The molecule has 1 aromatic heterocycles. The van der Waals surface area contributed by atoms with Gasteiger partial charge in [-0.1, -0.05) is 12.1 Å². The van der Waals surface area contributed by atoms with Crippen molar-refractivity contribution in [3.05, 3.63) is 24.3 Å². The highest BCUT2D eigenvalue weighted by molar-refractivity contribution is 6.00. The molecule has 6 nitrogen and oxygen atoms in total. The third-order valence-corrected chi connectivity index (χ3v) is 2.54. The average molecular weight is 230 g/mol. The van der Waals surface area contributed by atoms with Crippen LogP contribution in [0.1, 0.15) is 0 Å². The molecular weight excluding hydrogens is 220 g/mol. The van der Waals surface area contributed by atoms with Gasteiger partial charge in [0.2, 0.25) is 0 Å². The first-order valence-electron chi connectivity index (χ1n) is 5.11. The molecule has 0 spiro atoms. The Morgan fingerprint density at radius 1 is 1.41 bits per heavy atom. The smallest absolute Gasteiger partial charge is 0.262 e. The zero-order valence-electron chi connectivity index (χ0n) is 8.86. The van der Waals surface area contributed by atoms with Crippen LogP contribution in [0.5, 0.6) is 5.75 Å². The first-order valence-corrected chi connectivity index (χ1v) is 5.11. The van der Waals surface area contributed by atoms with Crippen molar-refractivity contribution in [1.82, 2.24) is 10.2 Å². The maximum atomic E-state index is 11.3. The summed E-state index contributed by atoms with van der Waals surface area (Å²) in [6, 6.07) is 7.22. The van der Waals surface area contributed by atoms with E-state index in [0.29, 0.717) is 17.3 Å². The number of fused-ring (bicyclic) bond motifs is 1. The second kappa shape index (κ2) is 3.51. The van der Waals surface area contributed by atoms with Gasteiger partial charge in [0.1, 0.15) is 11.6 Å². The number of carbonyl (C=O) groups is 1. The lowest BCUT2D eigenvalue weighted by Gasteiger charge is -2.20. The molecular formula is C11H10N4O2. The standard InChI is InChI=1S/C11H10N4O2/c12-9-4-7(14-15-9)6-2-1-3-8-11(6)13-10(16)5-17-8/h1-4H,5H2,(H,13,16)(H3,12,14,15). The Labute approximate surface area is 96.8 Å². The molecule has 86 valence electrons. The fourth-order valence-corrected chi connectivity index (χ4v) is 1.80. The van der Waals surface area contributed by atoms with E-state index in [4.69, 9.17) is 10.5 Å². The second-order valence-corrected chi connectivity index (χ2v) is 3.72. The molecule has 0 radical (unpaired) electrons. The van der Waals surface area contributed by atoms with Gasteiger partial charge >= 0.3 is 0 Å². The van der Waals surface area contributed by atoms with Gasteiger partial charge < -0.3 is 15.8 Å². The Balaban J connectivity index is 2.14. The normalized spacial score (nSPS) is 13.8. The molecule has 6 heteroatoms. The molecule has 0 unspecified atom stereocenters. The Morgan fingerprint density at radius 2 is 2.29 bits per heavy atom. The number of nitrogen functional groups attached to an aromatic ring is 1. The number of ether oxygens (including phenoxy) is 1. The van der Waals surface area contributed by atoms with Crippen LogP contribution in [0.3, 0.4) is 0 Å². The Hall–Kier alpha value is -2.50. The fraction of sp³-hybridized carbons (Fsp3) is 0.0909. The first kappa shape index (κ1) is 9.71. The second-order valence-electron chi connectivity index (χ2n) is 3.72. The van der Waals surface area contributed by atoms with E-state index in [0.717, 1.165) is 11.3 Å². The van der Waals surface area contributed by atoms with Gasteiger partial charge in [-0.25, -0.2) is 0 Å². The summed E-state index contributed by atoms with van der Waals surface area (Å²) in [5.74, 6) is 0.883. The lowest BCUT2D eigenvalue weighted by atomic mass is 10.1. The number of amides is 1. The lowest BCUT2D eigenvalue weighted by molar-refractivity contribution is -0.118. The summed E-state index contributed by atoms with van der Waals surface area (Å²) in [5, 5.41) is 9.45. The molecule has 0 fully saturated rings. The van der Waals surface area contributed by atoms with Crippen molar-refractivity contribution >= 4 is 17.4 Å². The Bertz CT molecular complexity index is 591. The number of aromatic amines is 1. The zero-order chi connectivity index (χ0) is 11.8. The van der Waals surface area contributed by atoms with Gasteiger partial charge in [-0.05, 0) is 6.07 Å². The van der Waals surface area contributed by atoms with Crippen molar-refractivity contribution in [2.45, 2.75) is 0 Å². The first-order chi connectivity index (χ1) is 8.24. The van der Waals surface area contributed by atoms with Crippen LogP contribution < -0.4 is 15.8 Å². The molecule has 3 rings (SSSR count). The number of nitrogens with zero attached hydrogens (tertiary/aromatic N) is 1. The number of hydrogen-bond acceptors (Lipinski definition) is 4. The fourth-order valence-electron chi connectivity index (χ4n) is 1.80. The molecule has 0 bridgehead atoms.